The predicted octanol–water partition coefficient (Wildman–Crippen LogP) is 4.25. The van der Waals surface area contributed by atoms with Crippen LogP contribution in [0.1, 0.15) is 37.4 Å². The molecule has 2 rings (SSSR count). The van der Waals surface area contributed by atoms with E-state index in [4.69, 9.17) is 11.6 Å². The Kier molecular flexibility index (Phi) is 3.77. The molecular formula is C12H15ClN2S. The van der Waals surface area contributed by atoms with Crippen molar-refractivity contribution in [3.05, 3.63) is 21.9 Å². The van der Waals surface area contributed by atoms with E-state index in [2.05, 4.69) is 29.9 Å². The van der Waals surface area contributed by atoms with Gasteiger partial charge in [0.15, 0.2) is 0 Å². The summed E-state index contributed by atoms with van der Waals surface area (Å²) < 4.78 is 0. The minimum atomic E-state index is 0.604. The predicted molar refractivity (Wildman–Crippen MR) is 70.4 cm³/mol. The fraction of sp³-hybridized carbons (Fsp3) is 0.500. The third kappa shape index (κ3) is 2.36. The topological polar surface area (TPSA) is 25.8 Å². The fourth-order valence-corrected chi connectivity index (χ4v) is 2.88. The van der Waals surface area contributed by atoms with E-state index in [1.807, 2.05) is 0 Å². The van der Waals surface area contributed by atoms with Crippen LogP contribution in [0.4, 0.5) is 0 Å². The second-order valence-corrected chi connectivity index (χ2v) is 5.29. The lowest BCUT2D eigenvalue weighted by Gasteiger charge is -1.99. The van der Waals surface area contributed by atoms with Gasteiger partial charge in [-0.05, 0) is 18.9 Å². The summed E-state index contributed by atoms with van der Waals surface area (Å²) >= 11 is 7.89. The Morgan fingerprint density at radius 3 is 2.81 bits per heavy atom. The van der Waals surface area contributed by atoms with Gasteiger partial charge in [-0.15, -0.1) is 11.3 Å². The molecule has 0 fully saturated rings. The molecule has 0 aliphatic rings. The Balaban J connectivity index is 2.40. The van der Waals surface area contributed by atoms with Gasteiger partial charge in [0.25, 0.3) is 0 Å². The molecule has 0 bridgehead atoms. The average molecular weight is 255 g/mol. The highest BCUT2D eigenvalue weighted by Crippen LogP contribution is 2.29. The van der Waals surface area contributed by atoms with Gasteiger partial charge in [-0.1, -0.05) is 31.9 Å². The van der Waals surface area contributed by atoms with Crippen LogP contribution in [-0.2, 0) is 12.8 Å². The van der Waals surface area contributed by atoms with E-state index in [1.54, 1.807) is 11.3 Å². The number of hydrogen-bond donors (Lipinski definition) is 0. The van der Waals surface area contributed by atoms with Crippen LogP contribution in [0.3, 0.4) is 0 Å². The second-order valence-electron chi connectivity index (χ2n) is 3.82. The number of nitrogens with zero attached hydrogens (tertiary/aromatic N) is 2. The third-order valence-corrected chi connectivity index (χ3v) is 4.01. The molecule has 0 N–H and O–H groups in total. The maximum Gasteiger partial charge on any atom is 0.141 e. The standard InChI is InChI=1S/C12H15ClN2S/c1-3-5-6-10-14-11(13)9-7-8(4-2)16-12(9)15-10/h7H,3-6H2,1-2H3. The Labute approximate surface area is 105 Å². The minimum Gasteiger partial charge on any atom is -0.222 e. The van der Waals surface area contributed by atoms with Crippen molar-refractivity contribution in [2.24, 2.45) is 0 Å². The summed E-state index contributed by atoms with van der Waals surface area (Å²) in [6.07, 6.45) is 4.23. The lowest BCUT2D eigenvalue weighted by molar-refractivity contribution is 0.757. The zero-order chi connectivity index (χ0) is 11.5. The number of aryl methyl sites for hydroxylation is 2. The summed E-state index contributed by atoms with van der Waals surface area (Å²) in [5.74, 6) is 0.879. The first-order chi connectivity index (χ1) is 7.74. The Morgan fingerprint density at radius 1 is 1.31 bits per heavy atom. The molecule has 0 unspecified atom stereocenters. The lowest BCUT2D eigenvalue weighted by Crippen LogP contribution is -1.94. The molecule has 0 aromatic carbocycles. The fourth-order valence-electron chi connectivity index (χ4n) is 1.60. The quantitative estimate of drug-likeness (QED) is 0.763. The SMILES string of the molecule is CCCCc1nc(Cl)c2cc(CC)sc2n1. The molecule has 0 spiro atoms. The van der Waals surface area contributed by atoms with Crippen molar-refractivity contribution in [2.45, 2.75) is 39.5 Å². The Hall–Kier alpha value is -0.670. The molecule has 0 amide bonds. The maximum absolute atomic E-state index is 6.17. The summed E-state index contributed by atoms with van der Waals surface area (Å²) in [6.45, 7) is 4.31. The van der Waals surface area contributed by atoms with Gasteiger partial charge in [0.2, 0.25) is 0 Å². The molecule has 4 heteroatoms. The number of aromatic nitrogens is 2. The number of thiophene rings is 1. The molecule has 2 aromatic heterocycles. The second kappa shape index (κ2) is 5.11. The van der Waals surface area contributed by atoms with Crippen molar-refractivity contribution in [2.75, 3.05) is 0 Å². The van der Waals surface area contributed by atoms with Crippen LogP contribution in [0, 0.1) is 0 Å². The molecule has 0 radical (unpaired) electrons. The van der Waals surface area contributed by atoms with Crippen molar-refractivity contribution in [1.29, 1.82) is 0 Å². The Morgan fingerprint density at radius 2 is 2.12 bits per heavy atom. The zero-order valence-corrected chi connectivity index (χ0v) is 11.2. The normalized spacial score (nSPS) is 11.2. The number of rotatable bonds is 4. The summed E-state index contributed by atoms with van der Waals surface area (Å²) in [6, 6.07) is 2.10. The van der Waals surface area contributed by atoms with Gasteiger partial charge in [-0.25, -0.2) is 9.97 Å². The van der Waals surface area contributed by atoms with Crippen molar-refractivity contribution < 1.29 is 0 Å². The first-order valence-electron chi connectivity index (χ1n) is 5.69. The van der Waals surface area contributed by atoms with Crippen LogP contribution in [0.15, 0.2) is 6.07 Å². The van der Waals surface area contributed by atoms with E-state index in [0.29, 0.717) is 5.15 Å². The monoisotopic (exact) mass is 254 g/mol. The van der Waals surface area contributed by atoms with Crippen molar-refractivity contribution >= 4 is 33.2 Å². The molecule has 0 saturated carbocycles. The molecule has 0 aliphatic heterocycles. The first kappa shape index (κ1) is 11.8. The average Bonchev–Trinajstić information content (AvgIpc) is 2.70. The van der Waals surface area contributed by atoms with Gasteiger partial charge in [-0.3, -0.25) is 0 Å². The summed E-state index contributed by atoms with van der Waals surface area (Å²) in [7, 11) is 0. The van der Waals surface area contributed by atoms with Crippen LogP contribution >= 0.6 is 22.9 Å². The third-order valence-electron chi connectivity index (χ3n) is 2.55. The summed E-state index contributed by atoms with van der Waals surface area (Å²) in [5, 5.41) is 1.61. The maximum atomic E-state index is 6.17. The van der Waals surface area contributed by atoms with Gasteiger partial charge >= 0.3 is 0 Å². The van der Waals surface area contributed by atoms with E-state index in [1.165, 1.54) is 4.88 Å². The molecule has 0 atom stereocenters. The van der Waals surface area contributed by atoms with Gasteiger partial charge in [0, 0.05) is 16.7 Å². The van der Waals surface area contributed by atoms with Crippen LogP contribution in [-0.4, -0.2) is 9.97 Å². The van der Waals surface area contributed by atoms with Crippen LogP contribution in [0.2, 0.25) is 5.15 Å². The van der Waals surface area contributed by atoms with Gasteiger partial charge < -0.3 is 0 Å². The minimum absolute atomic E-state index is 0.604. The van der Waals surface area contributed by atoms with E-state index in [0.717, 1.165) is 41.7 Å². The molecule has 16 heavy (non-hydrogen) atoms. The Bertz CT molecular complexity index is 493. The van der Waals surface area contributed by atoms with Crippen molar-refractivity contribution in [1.82, 2.24) is 9.97 Å². The number of fused-ring (bicyclic) bond motifs is 1. The molecule has 86 valence electrons. The highest BCUT2D eigenvalue weighted by atomic mass is 35.5. The smallest absolute Gasteiger partial charge is 0.141 e. The number of hydrogen-bond acceptors (Lipinski definition) is 3. The van der Waals surface area contributed by atoms with Gasteiger partial charge in [-0.2, -0.15) is 0 Å². The van der Waals surface area contributed by atoms with Crippen LogP contribution in [0.5, 0.6) is 0 Å². The van der Waals surface area contributed by atoms with Crippen LogP contribution in [0.25, 0.3) is 10.2 Å². The number of halogens is 1. The van der Waals surface area contributed by atoms with Gasteiger partial charge in [0.1, 0.15) is 15.8 Å². The number of unbranched alkanes of at least 4 members (excludes halogenated alkanes) is 1. The van der Waals surface area contributed by atoms with Gasteiger partial charge in [0.05, 0.1) is 0 Å². The first-order valence-corrected chi connectivity index (χ1v) is 6.88. The highest BCUT2D eigenvalue weighted by Gasteiger charge is 2.09. The lowest BCUT2D eigenvalue weighted by atomic mass is 10.2. The van der Waals surface area contributed by atoms with E-state index in [-0.39, 0.29) is 0 Å². The van der Waals surface area contributed by atoms with E-state index in [9.17, 15) is 0 Å². The van der Waals surface area contributed by atoms with E-state index >= 15 is 0 Å². The zero-order valence-electron chi connectivity index (χ0n) is 9.59. The molecule has 2 heterocycles. The van der Waals surface area contributed by atoms with Crippen molar-refractivity contribution in [3.63, 3.8) is 0 Å². The van der Waals surface area contributed by atoms with Crippen molar-refractivity contribution in [3.8, 4) is 0 Å². The molecule has 0 aliphatic carbocycles. The molecule has 2 aromatic rings. The molecule has 0 saturated heterocycles. The summed E-state index contributed by atoms with van der Waals surface area (Å²) in [4.78, 5) is 11.3. The van der Waals surface area contributed by atoms with E-state index < -0.39 is 0 Å². The summed E-state index contributed by atoms with van der Waals surface area (Å²) in [5.41, 5.74) is 0. The van der Waals surface area contributed by atoms with Crippen LogP contribution < -0.4 is 0 Å². The highest BCUT2D eigenvalue weighted by molar-refractivity contribution is 7.18. The molecule has 2 nitrogen and oxygen atoms in total. The largest absolute Gasteiger partial charge is 0.222 e. The molecular weight excluding hydrogens is 240 g/mol.